The number of likely N-dealkylation sites (tertiary alicyclic amines) is 1. The number of rotatable bonds is 6. The normalized spacial score (nSPS) is 21.1. The highest BCUT2D eigenvalue weighted by molar-refractivity contribution is 5.95. The average molecular weight is 360 g/mol. The number of carbonyl (C=O) groups is 1. The topological polar surface area (TPSA) is 53.6 Å². The Labute approximate surface area is 157 Å². The van der Waals surface area contributed by atoms with Crippen LogP contribution in [-0.2, 0) is 16.1 Å². The van der Waals surface area contributed by atoms with Crippen LogP contribution in [0.5, 0.6) is 0 Å². The first kappa shape index (κ1) is 19.3. The standard InChI is InChI=1S/C21H33N3O2/c1-26-17-21(10-12-22-13-11-21)20(25)23-19-8-6-18(7-9-19)16-24-14-4-2-3-5-15-24/h6-9,22H,2-5,10-17H2,1H3,(H,23,25). The third-order valence-corrected chi connectivity index (χ3v) is 5.78. The van der Waals surface area contributed by atoms with Gasteiger partial charge in [0.1, 0.15) is 0 Å². The van der Waals surface area contributed by atoms with Crippen LogP contribution in [0.4, 0.5) is 5.69 Å². The Bertz CT molecular complexity index is 554. The van der Waals surface area contributed by atoms with Crippen molar-refractivity contribution >= 4 is 11.6 Å². The van der Waals surface area contributed by atoms with E-state index in [-0.39, 0.29) is 5.91 Å². The van der Waals surface area contributed by atoms with E-state index in [1.165, 1.54) is 44.3 Å². The second-order valence-electron chi connectivity index (χ2n) is 7.80. The highest BCUT2D eigenvalue weighted by Gasteiger charge is 2.39. The number of nitrogens with one attached hydrogen (secondary N) is 2. The van der Waals surface area contributed by atoms with Crippen molar-refractivity contribution in [1.82, 2.24) is 10.2 Å². The van der Waals surface area contributed by atoms with Gasteiger partial charge >= 0.3 is 0 Å². The van der Waals surface area contributed by atoms with Gasteiger partial charge in [-0.05, 0) is 69.6 Å². The van der Waals surface area contributed by atoms with Gasteiger partial charge in [0.15, 0.2) is 0 Å². The molecule has 144 valence electrons. The fraction of sp³-hybridized carbons (Fsp3) is 0.667. The van der Waals surface area contributed by atoms with Crippen molar-refractivity contribution in [2.75, 3.05) is 45.2 Å². The van der Waals surface area contributed by atoms with Gasteiger partial charge in [-0.2, -0.15) is 0 Å². The molecule has 2 heterocycles. The van der Waals surface area contributed by atoms with Crippen molar-refractivity contribution in [3.8, 4) is 0 Å². The van der Waals surface area contributed by atoms with Gasteiger partial charge in [-0.3, -0.25) is 9.69 Å². The van der Waals surface area contributed by atoms with E-state index < -0.39 is 5.41 Å². The molecule has 2 aliphatic heterocycles. The van der Waals surface area contributed by atoms with Gasteiger partial charge in [0.25, 0.3) is 0 Å². The van der Waals surface area contributed by atoms with Crippen LogP contribution < -0.4 is 10.6 Å². The Morgan fingerprint density at radius 2 is 1.77 bits per heavy atom. The molecule has 2 fully saturated rings. The van der Waals surface area contributed by atoms with Crippen molar-refractivity contribution in [2.45, 2.75) is 45.1 Å². The monoisotopic (exact) mass is 359 g/mol. The lowest BCUT2D eigenvalue weighted by atomic mass is 9.78. The molecule has 26 heavy (non-hydrogen) atoms. The summed E-state index contributed by atoms with van der Waals surface area (Å²) in [7, 11) is 1.68. The molecule has 2 aliphatic rings. The van der Waals surface area contributed by atoms with E-state index >= 15 is 0 Å². The summed E-state index contributed by atoms with van der Waals surface area (Å²) in [6, 6.07) is 8.36. The summed E-state index contributed by atoms with van der Waals surface area (Å²) >= 11 is 0. The second-order valence-corrected chi connectivity index (χ2v) is 7.80. The summed E-state index contributed by atoms with van der Waals surface area (Å²) < 4.78 is 5.36. The molecular weight excluding hydrogens is 326 g/mol. The molecule has 1 amide bonds. The molecule has 0 unspecified atom stereocenters. The summed E-state index contributed by atoms with van der Waals surface area (Å²) in [5.41, 5.74) is 1.78. The molecule has 0 aromatic heterocycles. The minimum Gasteiger partial charge on any atom is -0.384 e. The Kier molecular flexibility index (Phi) is 7.06. The lowest BCUT2D eigenvalue weighted by molar-refractivity contribution is -0.130. The van der Waals surface area contributed by atoms with Gasteiger partial charge in [-0.15, -0.1) is 0 Å². The average Bonchev–Trinajstić information content (AvgIpc) is 2.93. The number of methoxy groups -OCH3 is 1. The summed E-state index contributed by atoms with van der Waals surface area (Å²) in [5.74, 6) is 0.0844. The maximum Gasteiger partial charge on any atom is 0.233 e. The fourth-order valence-corrected chi connectivity index (χ4v) is 4.13. The SMILES string of the molecule is COCC1(C(=O)Nc2ccc(CN3CCCCCC3)cc2)CCNCC1. The van der Waals surface area contributed by atoms with E-state index in [0.717, 1.165) is 38.2 Å². The molecule has 0 spiro atoms. The smallest absolute Gasteiger partial charge is 0.233 e. The van der Waals surface area contributed by atoms with E-state index in [1.807, 2.05) is 12.1 Å². The van der Waals surface area contributed by atoms with Gasteiger partial charge in [-0.1, -0.05) is 25.0 Å². The summed E-state index contributed by atoms with van der Waals surface area (Å²) in [6.45, 7) is 5.62. The lowest BCUT2D eigenvalue weighted by Crippen LogP contribution is -2.47. The molecule has 0 aliphatic carbocycles. The number of amides is 1. The molecule has 2 saturated heterocycles. The van der Waals surface area contributed by atoms with Gasteiger partial charge in [0.2, 0.25) is 5.91 Å². The molecule has 0 saturated carbocycles. The molecule has 1 aromatic rings. The first-order valence-electron chi connectivity index (χ1n) is 10.0. The number of benzene rings is 1. The summed E-state index contributed by atoms with van der Waals surface area (Å²) in [5, 5.41) is 6.44. The van der Waals surface area contributed by atoms with E-state index in [0.29, 0.717) is 6.61 Å². The van der Waals surface area contributed by atoms with Crippen molar-refractivity contribution < 1.29 is 9.53 Å². The van der Waals surface area contributed by atoms with Crippen molar-refractivity contribution in [3.63, 3.8) is 0 Å². The second kappa shape index (κ2) is 9.49. The van der Waals surface area contributed by atoms with E-state index in [4.69, 9.17) is 4.74 Å². The van der Waals surface area contributed by atoms with Crippen LogP contribution in [-0.4, -0.2) is 50.7 Å². The van der Waals surface area contributed by atoms with E-state index in [2.05, 4.69) is 27.7 Å². The highest BCUT2D eigenvalue weighted by Crippen LogP contribution is 2.31. The zero-order valence-electron chi connectivity index (χ0n) is 16.1. The van der Waals surface area contributed by atoms with Crippen molar-refractivity contribution in [1.29, 1.82) is 0 Å². The third kappa shape index (κ3) is 5.06. The number of hydrogen-bond acceptors (Lipinski definition) is 4. The highest BCUT2D eigenvalue weighted by atomic mass is 16.5. The van der Waals surface area contributed by atoms with Crippen molar-refractivity contribution in [3.05, 3.63) is 29.8 Å². The predicted octanol–water partition coefficient (Wildman–Crippen LogP) is 3.02. The Hall–Kier alpha value is -1.43. The van der Waals surface area contributed by atoms with E-state index in [9.17, 15) is 4.79 Å². The summed E-state index contributed by atoms with van der Waals surface area (Å²) in [6.07, 6.45) is 6.98. The number of nitrogens with zero attached hydrogens (tertiary/aromatic N) is 1. The fourth-order valence-electron chi connectivity index (χ4n) is 4.13. The van der Waals surface area contributed by atoms with Crippen LogP contribution in [0.3, 0.4) is 0 Å². The van der Waals surface area contributed by atoms with Crippen LogP contribution in [0.2, 0.25) is 0 Å². The van der Waals surface area contributed by atoms with E-state index in [1.54, 1.807) is 7.11 Å². The molecule has 3 rings (SSSR count). The molecular formula is C21H33N3O2. The maximum absolute atomic E-state index is 12.9. The molecule has 0 atom stereocenters. The first-order valence-corrected chi connectivity index (χ1v) is 10.0. The quantitative estimate of drug-likeness (QED) is 0.820. The molecule has 1 aromatic carbocycles. The van der Waals surface area contributed by atoms with Crippen LogP contribution in [0.15, 0.2) is 24.3 Å². The molecule has 5 heteroatoms. The van der Waals surface area contributed by atoms with Gasteiger partial charge in [0, 0.05) is 19.3 Å². The minimum absolute atomic E-state index is 0.0844. The Balaban J connectivity index is 1.58. The van der Waals surface area contributed by atoms with Crippen LogP contribution in [0.25, 0.3) is 0 Å². The lowest BCUT2D eigenvalue weighted by Gasteiger charge is -2.35. The molecule has 0 radical (unpaired) electrons. The molecule has 0 bridgehead atoms. The van der Waals surface area contributed by atoms with Gasteiger partial charge < -0.3 is 15.4 Å². The maximum atomic E-state index is 12.9. The van der Waals surface area contributed by atoms with Crippen LogP contribution >= 0.6 is 0 Å². The van der Waals surface area contributed by atoms with Gasteiger partial charge in [0.05, 0.1) is 12.0 Å². The minimum atomic E-state index is -0.412. The Morgan fingerprint density at radius 1 is 1.12 bits per heavy atom. The number of piperidine rings is 1. The molecule has 5 nitrogen and oxygen atoms in total. The van der Waals surface area contributed by atoms with Crippen LogP contribution in [0, 0.1) is 5.41 Å². The number of ether oxygens (including phenoxy) is 1. The van der Waals surface area contributed by atoms with Gasteiger partial charge in [-0.25, -0.2) is 0 Å². The number of carbonyl (C=O) groups excluding carboxylic acids is 1. The number of hydrogen-bond donors (Lipinski definition) is 2. The summed E-state index contributed by atoms with van der Waals surface area (Å²) in [4.78, 5) is 15.4. The largest absolute Gasteiger partial charge is 0.384 e. The third-order valence-electron chi connectivity index (χ3n) is 5.78. The zero-order chi connectivity index (χ0) is 18.2. The van der Waals surface area contributed by atoms with Crippen LogP contribution in [0.1, 0.15) is 44.1 Å². The predicted molar refractivity (Wildman–Crippen MR) is 105 cm³/mol. The van der Waals surface area contributed by atoms with Crippen molar-refractivity contribution in [2.24, 2.45) is 5.41 Å². The Morgan fingerprint density at radius 3 is 2.38 bits per heavy atom. The zero-order valence-corrected chi connectivity index (χ0v) is 16.1. The number of anilines is 1. The molecule has 2 N–H and O–H groups in total. The first-order chi connectivity index (χ1) is 12.7.